The van der Waals surface area contributed by atoms with Crippen molar-refractivity contribution in [3.63, 3.8) is 0 Å². The van der Waals surface area contributed by atoms with Crippen LogP contribution in [0.1, 0.15) is 25.0 Å². The maximum absolute atomic E-state index is 7.02. The van der Waals surface area contributed by atoms with Gasteiger partial charge in [0.2, 0.25) is 0 Å². The lowest BCUT2D eigenvalue weighted by atomic mass is 9.82. The van der Waals surface area contributed by atoms with Crippen LogP contribution in [0.3, 0.4) is 0 Å². The summed E-state index contributed by atoms with van der Waals surface area (Å²) in [6.45, 7) is 4.71. The van der Waals surface area contributed by atoms with Crippen molar-refractivity contribution < 1.29 is 4.42 Å². The van der Waals surface area contributed by atoms with E-state index in [4.69, 9.17) is 4.42 Å². The highest BCUT2D eigenvalue weighted by Gasteiger charge is 2.35. The number of hydrogen-bond acceptors (Lipinski definition) is 2. The van der Waals surface area contributed by atoms with Crippen molar-refractivity contribution in [1.29, 1.82) is 0 Å². The first-order valence-electron chi connectivity index (χ1n) is 18.7. The number of fused-ring (bicyclic) bond motifs is 5. The molecule has 0 saturated carbocycles. The molecule has 11 rings (SSSR count). The molecule has 0 amide bonds. The minimum absolute atomic E-state index is 0.119. The molecule has 54 heavy (non-hydrogen) atoms. The Morgan fingerprint density at radius 1 is 0.444 bits per heavy atom. The Kier molecular flexibility index (Phi) is 6.60. The van der Waals surface area contributed by atoms with Gasteiger partial charge in [-0.3, -0.25) is 0 Å². The normalized spacial score (nSPS) is 13.1. The fourth-order valence-electron chi connectivity index (χ4n) is 9.03. The van der Waals surface area contributed by atoms with Gasteiger partial charge >= 0.3 is 0 Å². The maximum Gasteiger partial charge on any atom is 0.139 e. The standard InChI is InChI=1S/C51H36N2O/c1-51(2)43-21-11-9-18-39(43)40-29-28-37(30-44(40)51)53-45-22-13-20-42-41-19-10-12-23-47(41)54-48-32-38(31-46(53)50(48)49(42)45)52(35-16-7-4-8-17-35)36-26-24-34(25-27-36)33-14-5-3-6-15-33/h3-32H,1-2H3. The molecule has 0 N–H and O–H groups in total. The third-order valence-corrected chi connectivity index (χ3v) is 11.6. The van der Waals surface area contributed by atoms with Gasteiger partial charge in [-0.15, -0.1) is 0 Å². The van der Waals surface area contributed by atoms with E-state index in [-0.39, 0.29) is 5.41 Å². The highest BCUT2D eigenvalue weighted by molar-refractivity contribution is 6.27. The van der Waals surface area contributed by atoms with E-state index in [9.17, 15) is 0 Å². The molecule has 8 aromatic carbocycles. The molecule has 2 aromatic heterocycles. The molecule has 256 valence electrons. The number of benzene rings is 8. The van der Waals surface area contributed by atoms with Gasteiger partial charge in [0.25, 0.3) is 0 Å². The van der Waals surface area contributed by atoms with Gasteiger partial charge in [0.15, 0.2) is 0 Å². The van der Waals surface area contributed by atoms with Crippen LogP contribution in [-0.2, 0) is 5.41 Å². The Balaban J connectivity index is 1.21. The van der Waals surface area contributed by atoms with Crippen LogP contribution < -0.4 is 4.90 Å². The minimum atomic E-state index is -0.119. The first kappa shape index (κ1) is 30.8. The van der Waals surface area contributed by atoms with Gasteiger partial charge in [0, 0.05) is 39.3 Å². The molecule has 1 aliphatic carbocycles. The van der Waals surface area contributed by atoms with E-state index >= 15 is 0 Å². The Morgan fingerprint density at radius 3 is 1.94 bits per heavy atom. The fourth-order valence-corrected chi connectivity index (χ4v) is 9.03. The van der Waals surface area contributed by atoms with E-state index in [0.717, 1.165) is 55.7 Å². The predicted octanol–water partition coefficient (Wildman–Crippen LogP) is 14.1. The Morgan fingerprint density at radius 2 is 1.11 bits per heavy atom. The number of para-hydroxylation sites is 2. The van der Waals surface area contributed by atoms with Crippen molar-refractivity contribution in [3.05, 3.63) is 193 Å². The number of anilines is 3. The third kappa shape index (κ3) is 4.48. The zero-order chi connectivity index (χ0) is 36.0. The molecule has 0 radical (unpaired) electrons. The number of hydrogen-bond donors (Lipinski definition) is 0. The monoisotopic (exact) mass is 692 g/mol. The number of aromatic nitrogens is 1. The van der Waals surface area contributed by atoms with E-state index in [1.807, 2.05) is 0 Å². The van der Waals surface area contributed by atoms with Crippen molar-refractivity contribution in [2.45, 2.75) is 19.3 Å². The molecule has 2 heterocycles. The summed E-state index contributed by atoms with van der Waals surface area (Å²) in [5.41, 5.74) is 15.9. The smallest absolute Gasteiger partial charge is 0.139 e. The zero-order valence-corrected chi connectivity index (χ0v) is 30.1. The molecule has 0 bridgehead atoms. The second kappa shape index (κ2) is 11.6. The lowest BCUT2D eigenvalue weighted by Gasteiger charge is -2.26. The highest BCUT2D eigenvalue weighted by Crippen LogP contribution is 2.50. The Bertz CT molecular complexity index is 3060. The summed E-state index contributed by atoms with van der Waals surface area (Å²) in [5, 5.41) is 4.61. The summed E-state index contributed by atoms with van der Waals surface area (Å²) in [6, 6.07) is 65.7. The van der Waals surface area contributed by atoms with E-state index in [1.54, 1.807) is 0 Å². The van der Waals surface area contributed by atoms with Gasteiger partial charge in [0.05, 0.1) is 22.1 Å². The van der Waals surface area contributed by atoms with Gasteiger partial charge in [-0.1, -0.05) is 135 Å². The zero-order valence-electron chi connectivity index (χ0n) is 30.1. The molecule has 0 unspecified atom stereocenters. The molecule has 0 aliphatic heterocycles. The molecular formula is C51H36N2O. The van der Waals surface area contributed by atoms with Crippen LogP contribution in [0.15, 0.2) is 186 Å². The first-order chi connectivity index (χ1) is 26.5. The van der Waals surface area contributed by atoms with E-state index < -0.39 is 0 Å². The lowest BCUT2D eigenvalue weighted by Crippen LogP contribution is -2.15. The van der Waals surface area contributed by atoms with Crippen molar-refractivity contribution in [3.8, 4) is 27.9 Å². The van der Waals surface area contributed by atoms with E-state index in [2.05, 4.69) is 205 Å². The maximum atomic E-state index is 7.02. The third-order valence-electron chi connectivity index (χ3n) is 11.6. The van der Waals surface area contributed by atoms with Crippen LogP contribution in [0.25, 0.3) is 71.7 Å². The minimum Gasteiger partial charge on any atom is -0.456 e. The lowest BCUT2D eigenvalue weighted by molar-refractivity contribution is 0.660. The largest absolute Gasteiger partial charge is 0.456 e. The molecular weight excluding hydrogens is 657 g/mol. The summed E-state index contributed by atoms with van der Waals surface area (Å²) in [5.74, 6) is 0. The molecule has 3 heteroatoms. The average molecular weight is 693 g/mol. The van der Waals surface area contributed by atoms with Crippen molar-refractivity contribution in [1.82, 2.24) is 4.57 Å². The van der Waals surface area contributed by atoms with Crippen LogP contribution in [0.4, 0.5) is 17.1 Å². The topological polar surface area (TPSA) is 21.3 Å². The molecule has 10 aromatic rings. The van der Waals surface area contributed by atoms with Crippen molar-refractivity contribution in [2.24, 2.45) is 0 Å². The highest BCUT2D eigenvalue weighted by atomic mass is 16.3. The Hall–Kier alpha value is -6.84. The Labute approximate surface area is 314 Å². The molecule has 0 fully saturated rings. The number of rotatable bonds is 5. The van der Waals surface area contributed by atoms with Crippen LogP contribution in [0.5, 0.6) is 0 Å². The van der Waals surface area contributed by atoms with Crippen LogP contribution in [-0.4, -0.2) is 4.57 Å². The van der Waals surface area contributed by atoms with Crippen molar-refractivity contribution >= 4 is 60.8 Å². The molecule has 0 atom stereocenters. The summed E-state index contributed by atoms with van der Waals surface area (Å²) in [6.07, 6.45) is 0. The average Bonchev–Trinajstić information content (AvgIpc) is 3.61. The van der Waals surface area contributed by atoms with Crippen LogP contribution in [0, 0.1) is 0 Å². The van der Waals surface area contributed by atoms with Gasteiger partial charge in [0.1, 0.15) is 11.2 Å². The second-order valence-electron chi connectivity index (χ2n) is 15.0. The van der Waals surface area contributed by atoms with Crippen LogP contribution >= 0.6 is 0 Å². The molecule has 0 saturated heterocycles. The molecule has 3 nitrogen and oxygen atoms in total. The summed E-state index contributed by atoms with van der Waals surface area (Å²) in [4.78, 5) is 2.34. The number of nitrogens with zero attached hydrogens (tertiary/aromatic N) is 2. The second-order valence-corrected chi connectivity index (χ2v) is 15.0. The first-order valence-corrected chi connectivity index (χ1v) is 18.7. The van der Waals surface area contributed by atoms with E-state index in [0.29, 0.717) is 0 Å². The molecule has 0 spiro atoms. The van der Waals surface area contributed by atoms with Gasteiger partial charge in [-0.2, -0.15) is 0 Å². The molecule has 1 aliphatic rings. The predicted molar refractivity (Wildman–Crippen MR) is 226 cm³/mol. The van der Waals surface area contributed by atoms with Crippen LogP contribution in [0.2, 0.25) is 0 Å². The quantitative estimate of drug-likeness (QED) is 0.179. The summed E-state index contributed by atoms with van der Waals surface area (Å²) in [7, 11) is 0. The van der Waals surface area contributed by atoms with Crippen molar-refractivity contribution in [2.75, 3.05) is 4.90 Å². The van der Waals surface area contributed by atoms with Gasteiger partial charge < -0.3 is 13.9 Å². The SMILES string of the molecule is CC1(C)c2ccccc2-c2ccc(-n3c4cc(N(c5ccccc5)c5ccc(-c6ccccc6)cc5)cc5oc6ccccc6c6cccc3c6c54)cc21. The summed E-state index contributed by atoms with van der Waals surface area (Å²) < 4.78 is 9.48. The van der Waals surface area contributed by atoms with Gasteiger partial charge in [-0.05, 0) is 93.4 Å². The van der Waals surface area contributed by atoms with E-state index in [1.165, 1.54) is 44.2 Å². The fraction of sp³-hybridized carbons (Fsp3) is 0.0588. The van der Waals surface area contributed by atoms with Gasteiger partial charge in [-0.25, -0.2) is 0 Å². The summed E-state index contributed by atoms with van der Waals surface area (Å²) >= 11 is 0.